The summed E-state index contributed by atoms with van der Waals surface area (Å²) in [6.07, 6.45) is 0. The van der Waals surface area contributed by atoms with Crippen LogP contribution in [0, 0.1) is 0 Å². The maximum absolute atomic E-state index is 6.63. The molecule has 0 unspecified atom stereocenters. The lowest BCUT2D eigenvalue weighted by Crippen LogP contribution is -2.00. The van der Waals surface area contributed by atoms with Crippen LogP contribution in [0.5, 0.6) is 0 Å². The quantitative estimate of drug-likeness (QED) is 0.172. The van der Waals surface area contributed by atoms with Crippen molar-refractivity contribution in [2.75, 3.05) is 0 Å². The highest BCUT2D eigenvalue weighted by Gasteiger charge is 2.19. The molecule has 262 valence electrons. The zero-order chi connectivity index (χ0) is 37.0. The number of fused-ring (bicyclic) bond motifs is 6. The van der Waals surface area contributed by atoms with E-state index in [0.29, 0.717) is 17.5 Å². The maximum atomic E-state index is 6.63. The second kappa shape index (κ2) is 13.0. The summed E-state index contributed by atoms with van der Waals surface area (Å²) in [6, 6.07) is 67.4. The van der Waals surface area contributed by atoms with Crippen molar-refractivity contribution in [1.29, 1.82) is 0 Å². The van der Waals surface area contributed by atoms with Crippen molar-refractivity contribution >= 4 is 43.7 Å². The fourth-order valence-electron chi connectivity index (χ4n) is 7.99. The van der Waals surface area contributed by atoms with E-state index in [1.807, 2.05) is 66.7 Å². The number of benzene rings is 8. The fraction of sp³-hybridized carbons (Fsp3) is 0. The van der Waals surface area contributed by atoms with Gasteiger partial charge in [0.25, 0.3) is 0 Å². The molecule has 0 saturated carbocycles. The Labute approximate surface area is 322 Å². The Morgan fingerprint density at radius 2 is 0.875 bits per heavy atom. The number of aromatic nitrogens is 4. The van der Waals surface area contributed by atoms with Gasteiger partial charge in [-0.3, -0.25) is 0 Å². The predicted molar refractivity (Wildman–Crippen MR) is 229 cm³/mol. The van der Waals surface area contributed by atoms with Gasteiger partial charge < -0.3 is 8.98 Å². The minimum absolute atomic E-state index is 0.619. The summed E-state index contributed by atoms with van der Waals surface area (Å²) >= 11 is 0. The van der Waals surface area contributed by atoms with Gasteiger partial charge in [-0.25, -0.2) is 15.0 Å². The lowest BCUT2D eigenvalue weighted by molar-refractivity contribution is 0.668. The molecule has 0 N–H and O–H groups in total. The molecular formula is C51H32N4O. The topological polar surface area (TPSA) is 56.7 Å². The molecule has 3 aromatic heterocycles. The van der Waals surface area contributed by atoms with Crippen molar-refractivity contribution in [3.05, 3.63) is 194 Å². The Balaban J connectivity index is 1.06. The van der Waals surface area contributed by atoms with Gasteiger partial charge in [0.1, 0.15) is 11.2 Å². The first-order valence-electron chi connectivity index (χ1n) is 18.8. The molecule has 5 heteroatoms. The third-order valence-corrected chi connectivity index (χ3v) is 10.7. The highest BCUT2D eigenvalue weighted by atomic mass is 16.3. The third-order valence-electron chi connectivity index (χ3n) is 10.7. The predicted octanol–water partition coefficient (Wildman–Crippen LogP) is 13.2. The average Bonchev–Trinajstić information content (AvgIpc) is 3.82. The first-order valence-corrected chi connectivity index (χ1v) is 18.8. The summed E-state index contributed by atoms with van der Waals surface area (Å²) in [5, 5.41) is 4.52. The molecule has 56 heavy (non-hydrogen) atoms. The van der Waals surface area contributed by atoms with E-state index < -0.39 is 0 Å². The number of hydrogen-bond acceptors (Lipinski definition) is 4. The van der Waals surface area contributed by atoms with Gasteiger partial charge in [0.2, 0.25) is 0 Å². The van der Waals surface area contributed by atoms with E-state index >= 15 is 0 Å². The molecule has 0 aliphatic heterocycles. The summed E-state index contributed by atoms with van der Waals surface area (Å²) in [6.45, 7) is 0. The molecule has 0 atom stereocenters. The van der Waals surface area contributed by atoms with Crippen LogP contribution < -0.4 is 0 Å². The van der Waals surface area contributed by atoms with Crippen LogP contribution in [0.2, 0.25) is 0 Å². The minimum Gasteiger partial charge on any atom is -0.456 e. The number of rotatable bonds is 6. The van der Waals surface area contributed by atoms with Crippen LogP contribution in [0.25, 0.3) is 106 Å². The summed E-state index contributed by atoms with van der Waals surface area (Å²) in [4.78, 5) is 15.0. The van der Waals surface area contributed by atoms with E-state index in [-0.39, 0.29) is 0 Å². The Morgan fingerprint density at radius 3 is 1.57 bits per heavy atom. The van der Waals surface area contributed by atoms with E-state index in [9.17, 15) is 0 Å². The second-order valence-electron chi connectivity index (χ2n) is 14.0. The van der Waals surface area contributed by atoms with Gasteiger partial charge in [-0.05, 0) is 52.6 Å². The molecule has 0 saturated heterocycles. The molecule has 0 aliphatic carbocycles. The van der Waals surface area contributed by atoms with Crippen molar-refractivity contribution in [2.45, 2.75) is 0 Å². The monoisotopic (exact) mass is 716 g/mol. The van der Waals surface area contributed by atoms with Crippen molar-refractivity contribution in [1.82, 2.24) is 19.5 Å². The molecule has 0 amide bonds. The Hall–Kier alpha value is -7.63. The molecule has 11 rings (SSSR count). The van der Waals surface area contributed by atoms with Crippen LogP contribution in [0.1, 0.15) is 0 Å². The lowest BCUT2D eigenvalue weighted by Gasteiger charge is -2.10. The number of para-hydroxylation sites is 1. The second-order valence-corrected chi connectivity index (χ2v) is 14.0. The molecule has 5 nitrogen and oxygen atoms in total. The van der Waals surface area contributed by atoms with Gasteiger partial charge >= 0.3 is 0 Å². The summed E-state index contributed by atoms with van der Waals surface area (Å²) in [7, 11) is 0. The largest absolute Gasteiger partial charge is 0.456 e. The van der Waals surface area contributed by atoms with Crippen LogP contribution in [-0.4, -0.2) is 19.5 Å². The van der Waals surface area contributed by atoms with Crippen molar-refractivity contribution in [3.63, 3.8) is 0 Å². The van der Waals surface area contributed by atoms with E-state index in [1.165, 1.54) is 16.5 Å². The molecule has 0 fully saturated rings. The highest BCUT2D eigenvalue weighted by Crippen LogP contribution is 2.40. The van der Waals surface area contributed by atoms with Crippen LogP contribution in [0.15, 0.2) is 199 Å². The van der Waals surface area contributed by atoms with Crippen LogP contribution in [0.3, 0.4) is 0 Å². The molecule has 0 radical (unpaired) electrons. The van der Waals surface area contributed by atoms with Crippen LogP contribution in [-0.2, 0) is 0 Å². The molecule has 11 aromatic rings. The molecule has 0 aliphatic rings. The molecule has 0 spiro atoms. The van der Waals surface area contributed by atoms with Gasteiger partial charge in [-0.2, -0.15) is 0 Å². The van der Waals surface area contributed by atoms with Crippen molar-refractivity contribution in [3.8, 4) is 62.1 Å². The standard InChI is InChI=1S/C51H32N4O/c1-4-13-33(14-5-1)34-23-25-35(26-24-34)40-20-12-22-46-48(40)43-30-28-39(32-47(43)56-46)55-44-21-11-10-19-41(44)42-29-27-38(31-45(42)55)51-53-49(36-15-6-2-7-16-36)52-50(54-51)37-17-8-3-9-18-37/h1-32H. The zero-order valence-corrected chi connectivity index (χ0v) is 30.2. The molecule has 3 heterocycles. The van der Waals surface area contributed by atoms with Gasteiger partial charge in [-0.15, -0.1) is 0 Å². The van der Waals surface area contributed by atoms with Crippen LogP contribution in [0.4, 0.5) is 0 Å². The minimum atomic E-state index is 0.619. The summed E-state index contributed by atoms with van der Waals surface area (Å²) < 4.78 is 8.95. The molecule has 0 bridgehead atoms. The van der Waals surface area contributed by atoms with Crippen molar-refractivity contribution in [2.24, 2.45) is 0 Å². The smallest absolute Gasteiger partial charge is 0.164 e. The van der Waals surface area contributed by atoms with Gasteiger partial charge in [0.05, 0.1) is 11.0 Å². The van der Waals surface area contributed by atoms with E-state index in [4.69, 9.17) is 19.4 Å². The zero-order valence-electron chi connectivity index (χ0n) is 30.2. The van der Waals surface area contributed by atoms with Crippen LogP contribution >= 0.6 is 0 Å². The molecular weight excluding hydrogens is 685 g/mol. The summed E-state index contributed by atoms with van der Waals surface area (Å²) in [5.74, 6) is 1.89. The first kappa shape index (κ1) is 31.9. The first-order chi connectivity index (χ1) is 27.7. The number of nitrogens with zero attached hydrogens (tertiary/aromatic N) is 4. The van der Waals surface area contributed by atoms with Crippen molar-refractivity contribution < 1.29 is 4.42 Å². The number of hydrogen-bond donors (Lipinski definition) is 0. The van der Waals surface area contributed by atoms with E-state index in [0.717, 1.165) is 71.9 Å². The number of furan rings is 1. The SMILES string of the molecule is c1ccc(-c2ccc(-c3cccc4oc5cc(-n6c7ccccc7c7ccc(-c8nc(-c9ccccc9)nc(-c9ccccc9)n8)cc76)ccc5c34)cc2)cc1. The summed E-state index contributed by atoms with van der Waals surface area (Å²) in [5.41, 5.74) is 12.4. The fourth-order valence-corrected chi connectivity index (χ4v) is 7.99. The Kier molecular flexibility index (Phi) is 7.42. The van der Waals surface area contributed by atoms with Gasteiger partial charge in [0.15, 0.2) is 17.5 Å². The highest BCUT2D eigenvalue weighted by molar-refractivity contribution is 6.14. The van der Waals surface area contributed by atoms with Gasteiger partial charge in [0, 0.05) is 50.0 Å². The third kappa shape index (κ3) is 5.37. The lowest BCUT2D eigenvalue weighted by atomic mass is 9.97. The average molecular weight is 717 g/mol. The normalized spacial score (nSPS) is 11.6. The Bertz CT molecular complexity index is 3160. The maximum Gasteiger partial charge on any atom is 0.164 e. The van der Waals surface area contributed by atoms with E-state index in [1.54, 1.807) is 0 Å². The van der Waals surface area contributed by atoms with Gasteiger partial charge in [-0.1, -0.05) is 158 Å². The molecule has 8 aromatic carbocycles. The van der Waals surface area contributed by atoms with E-state index in [2.05, 4.69) is 132 Å². The Morgan fingerprint density at radius 1 is 0.339 bits per heavy atom.